The zero-order chi connectivity index (χ0) is 17.3. The fraction of sp³-hybridized carbons (Fsp3) is 0.278. The second-order valence-corrected chi connectivity index (χ2v) is 6.84. The molecule has 0 saturated carbocycles. The summed E-state index contributed by atoms with van der Waals surface area (Å²) >= 11 is 3.49. The fourth-order valence-electron chi connectivity index (χ4n) is 3.16. The standard InChI is InChI=1S/C18H19BrFN3O/c1-12-10-13(6-7-16(12)20)22-9-8-14(11-22)23(18(21)24)17-5-3-2-4-15(17)19/h2-7,10,14H,8-9,11H2,1H3,(H2,21,24)/t14-/m1/s1. The summed E-state index contributed by atoms with van der Waals surface area (Å²) in [6.07, 6.45) is 0.806. The van der Waals surface area contributed by atoms with Crippen molar-refractivity contribution in [1.82, 2.24) is 0 Å². The molecular weight excluding hydrogens is 373 g/mol. The third-order valence-electron chi connectivity index (χ3n) is 4.38. The molecule has 1 saturated heterocycles. The minimum absolute atomic E-state index is 0.0217. The normalized spacial score (nSPS) is 17.1. The lowest BCUT2D eigenvalue weighted by atomic mass is 10.2. The van der Waals surface area contributed by atoms with Crippen LogP contribution in [-0.2, 0) is 0 Å². The third kappa shape index (κ3) is 3.24. The maximum atomic E-state index is 13.5. The summed E-state index contributed by atoms with van der Waals surface area (Å²) in [6.45, 7) is 3.21. The lowest BCUT2D eigenvalue weighted by Gasteiger charge is -2.28. The highest BCUT2D eigenvalue weighted by atomic mass is 79.9. The molecule has 0 unspecified atom stereocenters. The SMILES string of the molecule is Cc1cc(N2CC[C@@H](N(C(N)=O)c3ccccc3Br)C2)ccc1F. The van der Waals surface area contributed by atoms with E-state index in [0.717, 1.165) is 28.8 Å². The molecule has 1 aliphatic heterocycles. The number of benzene rings is 2. The van der Waals surface area contributed by atoms with E-state index in [1.807, 2.05) is 30.3 Å². The quantitative estimate of drug-likeness (QED) is 0.857. The van der Waals surface area contributed by atoms with E-state index in [0.29, 0.717) is 12.1 Å². The number of hydrogen-bond acceptors (Lipinski definition) is 2. The van der Waals surface area contributed by atoms with Gasteiger partial charge in [-0.15, -0.1) is 0 Å². The van der Waals surface area contributed by atoms with Crippen LogP contribution in [-0.4, -0.2) is 25.2 Å². The first-order chi connectivity index (χ1) is 11.5. The minimum Gasteiger partial charge on any atom is -0.369 e. The smallest absolute Gasteiger partial charge is 0.319 e. The third-order valence-corrected chi connectivity index (χ3v) is 5.06. The highest BCUT2D eigenvalue weighted by molar-refractivity contribution is 9.10. The van der Waals surface area contributed by atoms with Gasteiger partial charge in [0, 0.05) is 23.2 Å². The summed E-state index contributed by atoms with van der Waals surface area (Å²) < 4.78 is 14.3. The van der Waals surface area contributed by atoms with Crippen LogP contribution in [0, 0.1) is 12.7 Å². The first-order valence-electron chi connectivity index (χ1n) is 7.81. The molecule has 1 heterocycles. The van der Waals surface area contributed by atoms with Crippen molar-refractivity contribution < 1.29 is 9.18 Å². The van der Waals surface area contributed by atoms with Crippen molar-refractivity contribution in [2.45, 2.75) is 19.4 Å². The van der Waals surface area contributed by atoms with Gasteiger partial charge >= 0.3 is 6.03 Å². The van der Waals surface area contributed by atoms with Crippen molar-refractivity contribution in [3.8, 4) is 0 Å². The molecule has 0 aromatic heterocycles. The number of nitrogens with zero attached hydrogens (tertiary/aromatic N) is 2. The first kappa shape index (κ1) is 16.8. The zero-order valence-corrected chi connectivity index (χ0v) is 15.0. The number of primary amides is 1. The van der Waals surface area contributed by atoms with Gasteiger partial charge in [-0.1, -0.05) is 12.1 Å². The number of urea groups is 1. The van der Waals surface area contributed by atoms with Crippen molar-refractivity contribution in [2.24, 2.45) is 5.73 Å². The van der Waals surface area contributed by atoms with Crippen LogP contribution in [0.5, 0.6) is 0 Å². The van der Waals surface area contributed by atoms with Gasteiger partial charge < -0.3 is 10.6 Å². The van der Waals surface area contributed by atoms with Crippen molar-refractivity contribution in [2.75, 3.05) is 22.9 Å². The van der Waals surface area contributed by atoms with Crippen LogP contribution in [0.3, 0.4) is 0 Å². The van der Waals surface area contributed by atoms with Crippen molar-refractivity contribution in [1.29, 1.82) is 0 Å². The van der Waals surface area contributed by atoms with Crippen LogP contribution >= 0.6 is 15.9 Å². The lowest BCUT2D eigenvalue weighted by Crippen LogP contribution is -2.45. The zero-order valence-electron chi connectivity index (χ0n) is 13.4. The number of amides is 2. The van der Waals surface area contributed by atoms with E-state index >= 15 is 0 Å². The average Bonchev–Trinajstić information content (AvgIpc) is 3.01. The van der Waals surface area contributed by atoms with Crippen molar-refractivity contribution in [3.63, 3.8) is 0 Å². The predicted molar refractivity (Wildman–Crippen MR) is 98.0 cm³/mol. The maximum absolute atomic E-state index is 13.5. The number of carbonyl (C=O) groups is 1. The largest absolute Gasteiger partial charge is 0.369 e. The number of carbonyl (C=O) groups excluding carboxylic acids is 1. The van der Waals surface area contributed by atoms with Crippen molar-refractivity contribution in [3.05, 3.63) is 58.3 Å². The van der Waals surface area contributed by atoms with E-state index < -0.39 is 6.03 Å². The molecule has 2 N–H and O–H groups in total. The van der Waals surface area contributed by atoms with Crippen LogP contribution in [0.2, 0.25) is 0 Å². The van der Waals surface area contributed by atoms with E-state index in [1.165, 1.54) is 6.07 Å². The first-order valence-corrected chi connectivity index (χ1v) is 8.61. The molecule has 0 spiro atoms. The van der Waals surface area contributed by atoms with E-state index in [-0.39, 0.29) is 11.9 Å². The van der Waals surface area contributed by atoms with Crippen LogP contribution in [0.25, 0.3) is 0 Å². The monoisotopic (exact) mass is 391 g/mol. The number of halogens is 2. The molecule has 1 fully saturated rings. The Morgan fingerprint density at radius 3 is 2.75 bits per heavy atom. The second kappa shape index (κ2) is 6.81. The number of rotatable bonds is 3. The Morgan fingerprint density at radius 1 is 1.33 bits per heavy atom. The Kier molecular flexibility index (Phi) is 4.76. The van der Waals surface area contributed by atoms with Gasteiger partial charge in [0.05, 0.1) is 11.7 Å². The van der Waals surface area contributed by atoms with Gasteiger partial charge in [-0.25, -0.2) is 9.18 Å². The van der Waals surface area contributed by atoms with Crippen LogP contribution in [0.4, 0.5) is 20.6 Å². The van der Waals surface area contributed by atoms with Crippen LogP contribution < -0.4 is 15.5 Å². The highest BCUT2D eigenvalue weighted by Gasteiger charge is 2.32. The number of para-hydroxylation sites is 1. The number of nitrogens with two attached hydrogens (primary N) is 1. The Bertz CT molecular complexity index is 768. The molecule has 2 amide bonds. The average molecular weight is 392 g/mol. The summed E-state index contributed by atoms with van der Waals surface area (Å²) in [5.41, 5.74) is 8.00. The molecule has 0 bridgehead atoms. The molecule has 2 aromatic carbocycles. The Morgan fingerprint density at radius 2 is 2.08 bits per heavy atom. The van der Waals surface area contributed by atoms with Gasteiger partial charge in [0.1, 0.15) is 5.82 Å². The van der Waals surface area contributed by atoms with E-state index in [1.54, 1.807) is 17.9 Å². The summed E-state index contributed by atoms with van der Waals surface area (Å²) in [7, 11) is 0. The molecular formula is C18H19BrFN3O. The topological polar surface area (TPSA) is 49.6 Å². The molecule has 2 aromatic rings. The molecule has 4 nitrogen and oxygen atoms in total. The van der Waals surface area contributed by atoms with E-state index in [2.05, 4.69) is 20.8 Å². The molecule has 6 heteroatoms. The Balaban J connectivity index is 1.83. The molecule has 0 radical (unpaired) electrons. The van der Waals surface area contributed by atoms with Gasteiger partial charge in [0.2, 0.25) is 0 Å². The number of anilines is 2. The number of hydrogen-bond donors (Lipinski definition) is 1. The predicted octanol–water partition coefficient (Wildman–Crippen LogP) is 4.06. The maximum Gasteiger partial charge on any atom is 0.319 e. The lowest BCUT2D eigenvalue weighted by molar-refractivity contribution is 0.252. The molecule has 3 rings (SSSR count). The van der Waals surface area contributed by atoms with Crippen LogP contribution in [0.1, 0.15) is 12.0 Å². The summed E-state index contributed by atoms with van der Waals surface area (Å²) in [5.74, 6) is -0.207. The highest BCUT2D eigenvalue weighted by Crippen LogP contribution is 2.31. The van der Waals surface area contributed by atoms with Gasteiger partial charge in [0.25, 0.3) is 0 Å². The Labute approximate surface area is 149 Å². The van der Waals surface area contributed by atoms with Gasteiger partial charge in [-0.05, 0) is 65.2 Å². The number of aryl methyl sites for hydroxylation is 1. The summed E-state index contributed by atoms with van der Waals surface area (Å²) in [5, 5.41) is 0. The van der Waals surface area contributed by atoms with Gasteiger partial charge in [0.15, 0.2) is 0 Å². The Hall–Kier alpha value is -2.08. The van der Waals surface area contributed by atoms with Crippen molar-refractivity contribution >= 4 is 33.3 Å². The molecule has 24 heavy (non-hydrogen) atoms. The molecule has 1 atom stereocenters. The summed E-state index contributed by atoms with van der Waals surface area (Å²) in [6, 6.07) is 12.2. The molecule has 126 valence electrons. The minimum atomic E-state index is -0.468. The van der Waals surface area contributed by atoms with Crippen LogP contribution in [0.15, 0.2) is 46.9 Å². The van der Waals surface area contributed by atoms with Gasteiger partial charge in [-0.3, -0.25) is 4.90 Å². The van der Waals surface area contributed by atoms with E-state index in [9.17, 15) is 9.18 Å². The summed E-state index contributed by atoms with van der Waals surface area (Å²) in [4.78, 5) is 15.8. The second-order valence-electron chi connectivity index (χ2n) is 5.98. The fourth-order valence-corrected chi connectivity index (χ4v) is 3.63. The molecule has 0 aliphatic carbocycles. The van der Waals surface area contributed by atoms with E-state index in [4.69, 9.17) is 5.73 Å². The van der Waals surface area contributed by atoms with Gasteiger partial charge in [-0.2, -0.15) is 0 Å². The molecule has 1 aliphatic rings.